The molecule has 64 valence electrons. The molecule has 1 N–H and O–H groups in total. The lowest BCUT2D eigenvalue weighted by molar-refractivity contribution is -0.119. The smallest absolute Gasteiger partial charge is 0.231 e. The number of hydrogen-bond donors (Lipinski definition) is 1. The van der Waals surface area contributed by atoms with Gasteiger partial charge >= 0.3 is 0 Å². The van der Waals surface area contributed by atoms with Gasteiger partial charge in [0.2, 0.25) is 5.91 Å². The number of hydrogen-bond acceptors (Lipinski definition) is 1. The fourth-order valence-corrected chi connectivity index (χ4v) is 1.54. The van der Waals surface area contributed by atoms with Gasteiger partial charge in [-0.1, -0.05) is 29.3 Å². The van der Waals surface area contributed by atoms with E-state index in [4.69, 9.17) is 0 Å². The van der Waals surface area contributed by atoms with Gasteiger partial charge in [0, 0.05) is 5.54 Å². The molecule has 1 aliphatic carbocycles. The average Bonchev–Trinajstić information content (AvgIpc) is 2.70. The first-order valence-corrected chi connectivity index (χ1v) is 5.21. The molecule has 11 heavy (non-hydrogen) atoms. The van der Waals surface area contributed by atoms with Gasteiger partial charge < -0.3 is 5.32 Å². The first-order chi connectivity index (χ1) is 5.22. The van der Waals surface area contributed by atoms with Crippen molar-refractivity contribution in [3.63, 3.8) is 0 Å². The van der Waals surface area contributed by atoms with Crippen LogP contribution in [0.3, 0.4) is 0 Å². The molecule has 0 spiro atoms. The number of halogens is 1. The van der Waals surface area contributed by atoms with Crippen molar-refractivity contribution in [3.05, 3.63) is 0 Å². The number of amides is 1. The molecular weight excluding hydrogens is 206 g/mol. The summed E-state index contributed by atoms with van der Waals surface area (Å²) in [6, 6.07) is 0. The fraction of sp³-hybridized carbons (Fsp3) is 0.875. The maximum atomic E-state index is 11.0. The highest BCUT2D eigenvalue weighted by molar-refractivity contribution is 9.09. The molecule has 0 aromatic carbocycles. The molecule has 1 amide bonds. The Balaban J connectivity index is 2.29. The zero-order valence-electron chi connectivity index (χ0n) is 6.82. The van der Waals surface area contributed by atoms with E-state index < -0.39 is 0 Å². The summed E-state index contributed by atoms with van der Waals surface area (Å²) in [5.41, 5.74) is 0.194. The minimum Gasteiger partial charge on any atom is -0.350 e. The molecule has 1 saturated carbocycles. The fourth-order valence-electron chi connectivity index (χ4n) is 1.40. The second-order valence-electron chi connectivity index (χ2n) is 3.21. The summed E-state index contributed by atoms with van der Waals surface area (Å²) in [6.45, 7) is 2.15. The Labute approximate surface area is 75.9 Å². The molecule has 0 heterocycles. The number of nitrogens with one attached hydrogen (secondary N) is 1. The third kappa shape index (κ3) is 2.47. The highest BCUT2D eigenvalue weighted by atomic mass is 79.9. The number of rotatable bonds is 4. The normalized spacial score (nSPS) is 19.5. The van der Waals surface area contributed by atoms with E-state index in [1.165, 1.54) is 12.8 Å². The molecule has 1 rings (SSSR count). The number of carbonyl (C=O) groups is 1. The zero-order chi connectivity index (χ0) is 8.32. The summed E-state index contributed by atoms with van der Waals surface area (Å²) in [4.78, 5) is 11.0. The number of carbonyl (C=O) groups excluding carboxylic acids is 1. The molecule has 0 aromatic heterocycles. The summed E-state index contributed by atoms with van der Waals surface area (Å²) in [6.07, 6.45) is 4.62. The van der Waals surface area contributed by atoms with E-state index >= 15 is 0 Å². The summed E-state index contributed by atoms with van der Waals surface area (Å²) >= 11 is 3.13. The highest BCUT2D eigenvalue weighted by Crippen LogP contribution is 2.39. The largest absolute Gasteiger partial charge is 0.350 e. The first kappa shape index (κ1) is 9.04. The molecule has 0 radical (unpaired) electrons. The molecule has 0 saturated heterocycles. The van der Waals surface area contributed by atoms with Crippen LogP contribution in [-0.4, -0.2) is 16.8 Å². The van der Waals surface area contributed by atoms with Crippen LogP contribution in [0.4, 0.5) is 0 Å². The minimum atomic E-state index is 0.121. The van der Waals surface area contributed by atoms with Crippen molar-refractivity contribution in [2.75, 3.05) is 5.33 Å². The molecule has 2 nitrogen and oxygen atoms in total. The van der Waals surface area contributed by atoms with Gasteiger partial charge in [-0.3, -0.25) is 4.79 Å². The van der Waals surface area contributed by atoms with Crippen LogP contribution in [0.1, 0.15) is 32.6 Å². The van der Waals surface area contributed by atoms with Gasteiger partial charge in [-0.15, -0.1) is 0 Å². The van der Waals surface area contributed by atoms with Crippen LogP contribution >= 0.6 is 15.9 Å². The van der Waals surface area contributed by atoms with Crippen molar-refractivity contribution in [1.82, 2.24) is 5.32 Å². The Hall–Kier alpha value is -0.0500. The Bertz CT molecular complexity index is 154. The molecule has 1 aliphatic rings. The molecule has 0 aromatic rings. The Morgan fingerprint density at radius 1 is 1.64 bits per heavy atom. The number of alkyl halides is 1. The van der Waals surface area contributed by atoms with E-state index in [0.717, 1.165) is 12.8 Å². The molecular formula is C8H14BrNO. The zero-order valence-corrected chi connectivity index (χ0v) is 8.41. The van der Waals surface area contributed by atoms with Crippen molar-refractivity contribution in [2.45, 2.75) is 38.1 Å². The van der Waals surface area contributed by atoms with Crippen LogP contribution < -0.4 is 5.32 Å². The van der Waals surface area contributed by atoms with Crippen LogP contribution in [-0.2, 0) is 4.79 Å². The van der Waals surface area contributed by atoms with Crippen molar-refractivity contribution < 1.29 is 4.79 Å². The van der Waals surface area contributed by atoms with Crippen LogP contribution in [0.2, 0.25) is 0 Å². The summed E-state index contributed by atoms with van der Waals surface area (Å²) in [5, 5.41) is 3.46. The average molecular weight is 220 g/mol. The summed E-state index contributed by atoms with van der Waals surface area (Å²) in [7, 11) is 0. The predicted molar refractivity (Wildman–Crippen MR) is 48.8 cm³/mol. The van der Waals surface area contributed by atoms with Gasteiger partial charge in [0.25, 0.3) is 0 Å². The Kier molecular flexibility index (Phi) is 2.93. The van der Waals surface area contributed by atoms with E-state index in [1.54, 1.807) is 0 Å². The standard InChI is InChI=1S/C8H14BrNO/c1-2-3-8(4-5-8)10-7(11)6-9/h2-6H2,1H3,(H,10,11). The Morgan fingerprint density at radius 2 is 2.27 bits per heavy atom. The maximum Gasteiger partial charge on any atom is 0.231 e. The van der Waals surface area contributed by atoms with Crippen molar-refractivity contribution in [3.8, 4) is 0 Å². The minimum absolute atomic E-state index is 0.121. The summed E-state index contributed by atoms with van der Waals surface area (Å²) in [5.74, 6) is 0.121. The lowest BCUT2D eigenvalue weighted by Crippen LogP contribution is -2.37. The maximum absolute atomic E-state index is 11.0. The molecule has 0 atom stereocenters. The summed E-state index contributed by atoms with van der Waals surface area (Å²) < 4.78 is 0. The predicted octanol–water partition coefficient (Wildman–Crippen LogP) is 1.83. The van der Waals surface area contributed by atoms with Gasteiger partial charge in [-0.05, 0) is 19.3 Å². The Morgan fingerprint density at radius 3 is 2.64 bits per heavy atom. The molecule has 0 bridgehead atoms. The van der Waals surface area contributed by atoms with Gasteiger partial charge in [-0.2, -0.15) is 0 Å². The second-order valence-corrected chi connectivity index (χ2v) is 3.77. The molecule has 1 fully saturated rings. The van der Waals surface area contributed by atoms with E-state index in [2.05, 4.69) is 28.2 Å². The van der Waals surface area contributed by atoms with Gasteiger partial charge in [0.1, 0.15) is 0 Å². The highest BCUT2D eigenvalue weighted by Gasteiger charge is 2.42. The SMILES string of the molecule is CCCC1(NC(=O)CBr)CC1. The monoisotopic (exact) mass is 219 g/mol. The molecule has 0 unspecified atom stereocenters. The van der Waals surface area contributed by atoms with Gasteiger partial charge in [0.15, 0.2) is 0 Å². The van der Waals surface area contributed by atoms with Crippen LogP contribution in [0.5, 0.6) is 0 Å². The van der Waals surface area contributed by atoms with E-state index in [0.29, 0.717) is 5.33 Å². The van der Waals surface area contributed by atoms with Crippen molar-refractivity contribution in [2.24, 2.45) is 0 Å². The molecule has 3 heteroatoms. The second kappa shape index (κ2) is 3.57. The van der Waals surface area contributed by atoms with E-state index in [9.17, 15) is 4.79 Å². The van der Waals surface area contributed by atoms with Crippen LogP contribution in [0.15, 0.2) is 0 Å². The lowest BCUT2D eigenvalue weighted by atomic mass is 10.1. The van der Waals surface area contributed by atoms with Crippen LogP contribution in [0.25, 0.3) is 0 Å². The topological polar surface area (TPSA) is 29.1 Å². The lowest BCUT2D eigenvalue weighted by Gasteiger charge is -2.14. The third-order valence-electron chi connectivity index (χ3n) is 2.11. The first-order valence-electron chi connectivity index (χ1n) is 4.09. The van der Waals surface area contributed by atoms with Crippen molar-refractivity contribution in [1.29, 1.82) is 0 Å². The van der Waals surface area contributed by atoms with Gasteiger partial charge in [-0.25, -0.2) is 0 Å². The third-order valence-corrected chi connectivity index (χ3v) is 2.62. The van der Waals surface area contributed by atoms with Crippen molar-refractivity contribution >= 4 is 21.8 Å². The van der Waals surface area contributed by atoms with E-state index in [-0.39, 0.29) is 11.4 Å². The van der Waals surface area contributed by atoms with Gasteiger partial charge in [0.05, 0.1) is 5.33 Å². The van der Waals surface area contributed by atoms with Crippen LogP contribution in [0, 0.1) is 0 Å². The molecule has 0 aliphatic heterocycles. The van der Waals surface area contributed by atoms with E-state index in [1.807, 2.05) is 0 Å². The quantitative estimate of drug-likeness (QED) is 0.719.